The summed E-state index contributed by atoms with van der Waals surface area (Å²) in [5.74, 6) is -1.24. The van der Waals surface area contributed by atoms with Gasteiger partial charge in [-0.05, 0) is 54.3 Å². The van der Waals surface area contributed by atoms with Crippen molar-refractivity contribution in [1.82, 2.24) is 14.8 Å². The molecular formula is C25H21ClF3N3O4. The Balaban J connectivity index is 1.77. The van der Waals surface area contributed by atoms with Crippen molar-refractivity contribution in [3.63, 3.8) is 0 Å². The van der Waals surface area contributed by atoms with E-state index in [-0.39, 0.29) is 28.6 Å². The molecule has 11 heteroatoms. The van der Waals surface area contributed by atoms with Crippen LogP contribution in [0, 0.1) is 5.82 Å². The largest absolute Gasteiger partial charge is 0.481 e. The average Bonchev–Trinajstić information content (AvgIpc) is 3.29. The predicted molar refractivity (Wildman–Crippen MR) is 126 cm³/mol. The number of benzene rings is 2. The topological polar surface area (TPSA) is 75.5 Å². The van der Waals surface area contributed by atoms with Crippen LogP contribution < -0.4 is 4.74 Å². The van der Waals surface area contributed by atoms with E-state index in [9.17, 15) is 18.0 Å². The molecule has 2 aromatic heterocycles. The quantitative estimate of drug-likeness (QED) is 0.266. The van der Waals surface area contributed by atoms with E-state index in [1.807, 2.05) is 24.3 Å². The molecule has 0 amide bonds. The van der Waals surface area contributed by atoms with Crippen LogP contribution in [0.1, 0.15) is 29.7 Å². The monoisotopic (exact) mass is 519 g/mol. The van der Waals surface area contributed by atoms with Crippen molar-refractivity contribution in [1.29, 1.82) is 0 Å². The zero-order chi connectivity index (χ0) is 25.8. The van der Waals surface area contributed by atoms with Gasteiger partial charge in [0.1, 0.15) is 17.1 Å². The predicted octanol–water partition coefficient (Wildman–Crippen LogP) is 5.66. The van der Waals surface area contributed by atoms with Gasteiger partial charge in [-0.2, -0.15) is 13.9 Å². The molecule has 0 spiro atoms. The third-order valence-corrected chi connectivity index (χ3v) is 5.68. The molecule has 1 unspecified atom stereocenters. The van der Waals surface area contributed by atoms with Gasteiger partial charge in [-0.3, -0.25) is 4.98 Å². The number of rotatable bonds is 9. The standard InChI is InChI=1S/C25H21ClF3N3O4/c1-14(36-25(28)29)22-16(9-15-3-5-18(6-4-15)32-12-17(26)11-31-32)10-30-24-19(27)7-8-20(23(22)24)35-13-21(33)34-2/h3-8,10-12,14,25H,9,13H2,1-2H3. The number of hydrogen-bond acceptors (Lipinski definition) is 6. The van der Waals surface area contributed by atoms with E-state index in [1.54, 1.807) is 10.9 Å². The molecule has 2 aromatic carbocycles. The molecule has 0 fully saturated rings. The van der Waals surface area contributed by atoms with Gasteiger partial charge < -0.3 is 14.2 Å². The van der Waals surface area contributed by atoms with Crippen LogP contribution in [0.15, 0.2) is 55.0 Å². The molecule has 0 aliphatic rings. The summed E-state index contributed by atoms with van der Waals surface area (Å²) in [6.07, 6.45) is 3.75. The molecule has 4 aromatic rings. The van der Waals surface area contributed by atoms with E-state index in [1.165, 1.54) is 32.5 Å². The molecule has 0 aliphatic heterocycles. The summed E-state index contributed by atoms with van der Waals surface area (Å²) in [5, 5.41) is 4.80. The number of ether oxygens (including phenoxy) is 3. The number of alkyl halides is 2. The number of methoxy groups -OCH3 is 1. The number of esters is 1. The highest BCUT2D eigenvalue weighted by molar-refractivity contribution is 6.30. The third-order valence-electron chi connectivity index (χ3n) is 5.49. The fourth-order valence-corrected chi connectivity index (χ4v) is 4.01. The number of hydrogen-bond donors (Lipinski definition) is 0. The van der Waals surface area contributed by atoms with Crippen molar-refractivity contribution < 1.29 is 32.2 Å². The molecule has 0 radical (unpaired) electrons. The van der Waals surface area contributed by atoms with Gasteiger partial charge in [-0.1, -0.05) is 23.7 Å². The van der Waals surface area contributed by atoms with Gasteiger partial charge in [0.15, 0.2) is 6.61 Å². The van der Waals surface area contributed by atoms with E-state index < -0.39 is 31.1 Å². The van der Waals surface area contributed by atoms with E-state index >= 15 is 0 Å². The number of aromatic nitrogens is 3. The van der Waals surface area contributed by atoms with E-state index in [0.717, 1.165) is 17.3 Å². The van der Waals surface area contributed by atoms with Gasteiger partial charge >= 0.3 is 12.6 Å². The Kier molecular flexibility index (Phi) is 7.76. The van der Waals surface area contributed by atoms with Crippen LogP contribution in [-0.4, -0.2) is 41.1 Å². The lowest BCUT2D eigenvalue weighted by molar-refractivity contribution is -0.159. The van der Waals surface area contributed by atoms with Gasteiger partial charge in [-0.15, -0.1) is 0 Å². The van der Waals surface area contributed by atoms with Crippen molar-refractivity contribution in [3.05, 3.63) is 82.5 Å². The lowest BCUT2D eigenvalue weighted by Gasteiger charge is -2.21. The average molecular weight is 520 g/mol. The Hall–Kier alpha value is -3.63. The van der Waals surface area contributed by atoms with Crippen LogP contribution in [0.25, 0.3) is 16.6 Å². The van der Waals surface area contributed by atoms with E-state index in [4.69, 9.17) is 21.1 Å². The summed E-state index contributed by atoms with van der Waals surface area (Å²) >= 11 is 5.93. The lowest BCUT2D eigenvalue weighted by atomic mass is 9.94. The Morgan fingerprint density at radius 1 is 1.14 bits per heavy atom. The SMILES string of the molecule is COC(=O)COc1ccc(F)c2ncc(Cc3ccc(-n4cc(Cl)cn4)cc3)c(C(C)OC(F)F)c12. The maximum absolute atomic E-state index is 14.7. The molecule has 7 nitrogen and oxygen atoms in total. The smallest absolute Gasteiger partial charge is 0.345 e. The molecule has 36 heavy (non-hydrogen) atoms. The molecule has 4 rings (SSSR count). The minimum atomic E-state index is -3.07. The highest BCUT2D eigenvalue weighted by Crippen LogP contribution is 2.38. The first-order valence-electron chi connectivity index (χ1n) is 10.8. The van der Waals surface area contributed by atoms with Crippen molar-refractivity contribution in [2.75, 3.05) is 13.7 Å². The molecule has 188 valence electrons. The molecule has 0 saturated heterocycles. The summed E-state index contributed by atoms with van der Waals surface area (Å²) in [4.78, 5) is 15.8. The fraction of sp³-hybridized carbons (Fsp3) is 0.240. The van der Waals surface area contributed by atoms with E-state index in [2.05, 4.69) is 14.8 Å². The second-order valence-corrected chi connectivity index (χ2v) is 8.25. The molecular weight excluding hydrogens is 499 g/mol. The lowest BCUT2D eigenvalue weighted by Crippen LogP contribution is -2.14. The van der Waals surface area contributed by atoms with Crippen LogP contribution in [0.2, 0.25) is 5.02 Å². The molecule has 0 N–H and O–H groups in total. The Labute approximate surface area is 209 Å². The number of halogens is 4. The zero-order valence-corrected chi connectivity index (χ0v) is 20.0. The van der Waals surface area contributed by atoms with Crippen LogP contribution in [0.5, 0.6) is 5.75 Å². The van der Waals surface area contributed by atoms with Crippen molar-refractivity contribution >= 4 is 28.5 Å². The molecule has 0 aliphatic carbocycles. The van der Waals surface area contributed by atoms with Gasteiger partial charge in [0.05, 0.1) is 35.5 Å². The fourth-order valence-electron chi connectivity index (χ4n) is 3.88. The van der Waals surface area contributed by atoms with Gasteiger partial charge in [0.25, 0.3) is 0 Å². The molecule has 0 saturated carbocycles. The number of pyridine rings is 1. The zero-order valence-electron chi connectivity index (χ0n) is 19.3. The van der Waals surface area contributed by atoms with Crippen LogP contribution in [-0.2, 0) is 20.7 Å². The Bertz CT molecular complexity index is 1380. The number of carbonyl (C=O) groups is 1. The van der Waals surface area contributed by atoms with Crippen molar-refractivity contribution in [2.24, 2.45) is 0 Å². The first kappa shape index (κ1) is 25.5. The minimum Gasteiger partial charge on any atom is -0.481 e. The highest BCUT2D eigenvalue weighted by atomic mass is 35.5. The number of nitrogens with zero attached hydrogens (tertiary/aromatic N) is 3. The summed E-state index contributed by atoms with van der Waals surface area (Å²) in [6.45, 7) is -2.09. The Morgan fingerprint density at radius 3 is 2.53 bits per heavy atom. The number of fused-ring (bicyclic) bond motifs is 1. The van der Waals surface area contributed by atoms with Crippen LogP contribution >= 0.6 is 11.6 Å². The van der Waals surface area contributed by atoms with Crippen LogP contribution in [0.4, 0.5) is 13.2 Å². The summed E-state index contributed by atoms with van der Waals surface area (Å²) in [5.41, 5.74) is 2.32. The summed E-state index contributed by atoms with van der Waals surface area (Å²) in [6, 6.07) is 9.79. The minimum absolute atomic E-state index is 0.0910. The second-order valence-electron chi connectivity index (χ2n) is 7.82. The number of carbonyl (C=O) groups excluding carboxylic acids is 1. The normalized spacial score (nSPS) is 12.2. The second kappa shape index (κ2) is 11.0. The van der Waals surface area contributed by atoms with Gasteiger partial charge in [0.2, 0.25) is 0 Å². The summed E-state index contributed by atoms with van der Waals surface area (Å²) in [7, 11) is 1.20. The highest BCUT2D eigenvalue weighted by Gasteiger charge is 2.24. The van der Waals surface area contributed by atoms with Crippen LogP contribution in [0.3, 0.4) is 0 Å². The maximum Gasteiger partial charge on any atom is 0.345 e. The Morgan fingerprint density at radius 2 is 1.89 bits per heavy atom. The third kappa shape index (κ3) is 5.60. The van der Waals surface area contributed by atoms with Gasteiger partial charge in [0, 0.05) is 12.4 Å². The first-order valence-corrected chi connectivity index (χ1v) is 11.2. The van der Waals surface area contributed by atoms with Crippen molar-refractivity contribution in [3.8, 4) is 11.4 Å². The molecule has 1 atom stereocenters. The summed E-state index contributed by atoms with van der Waals surface area (Å²) < 4.78 is 57.6. The molecule has 2 heterocycles. The van der Waals surface area contributed by atoms with E-state index in [0.29, 0.717) is 10.6 Å². The maximum atomic E-state index is 14.7. The van der Waals surface area contributed by atoms with Gasteiger partial charge in [-0.25, -0.2) is 13.9 Å². The molecule has 0 bridgehead atoms. The van der Waals surface area contributed by atoms with Crippen molar-refractivity contribution in [2.45, 2.75) is 26.1 Å². The first-order chi connectivity index (χ1) is 17.3.